The standard InChI is InChI=1S/C26H31N3O4S/c1-20-10-15-24(34(31,32)28-22-11-13-23(33-3)14-12-22)18-25(20)26(30)27-16-7-17-29(2)19-21-8-5-4-6-9-21/h4-6,8-15,18,28H,7,16-17,19H2,1-3H3,(H,27,30). The zero-order valence-corrected chi connectivity index (χ0v) is 20.6. The third kappa shape index (κ3) is 7.07. The molecule has 0 heterocycles. The summed E-state index contributed by atoms with van der Waals surface area (Å²) in [6.45, 7) is 3.96. The van der Waals surface area contributed by atoms with Crippen molar-refractivity contribution in [2.24, 2.45) is 0 Å². The highest BCUT2D eigenvalue weighted by Gasteiger charge is 2.18. The maximum absolute atomic E-state index is 12.8. The third-order valence-corrected chi connectivity index (χ3v) is 6.78. The van der Waals surface area contributed by atoms with E-state index in [2.05, 4.69) is 27.1 Å². The van der Waals surface area contributed by atoms with Crippen LogP contribution in [0, 0.1) is 6.92 Å². The van der Waals surface area contributed by atoms with E-state index in [-0.39, 0.29) is 10.8 Å². The average Bonchev–Trinajstić information content (AvgIpc) is 2.82. The Kier molecular flexibility index (Phi) is 8.67. The second-order valence-corrected chi connectivity index (χ2v) is 9.83. The van der Waals surface area contributed by atoms with Crippen LogP contribution in [0.5, 0.6) is 5.75 Å². The van der Waals surface area contributed by atoms with E-state index in [9.17, 15) is 13.2 Å². The second-order valence-electron chi connectivity index (χ2n) is 8.14. The first-order valence-corrected chi connectivity index (χ1v) is 12.5. The summed E-state index contributed by atoms with van der Waals surface area (Å²) < 4.78 is 33.3. The summed E-state index contributed by atoms with van der Waals surface area (Å²) in [5, 5.41) is 2.91. The molecule has 0 aliphatic rings. The molecule has 180 valence electrons. The van der Waals surface area contributed by atoms with E-state index in [1.54, 1.807) is 44.4 Å². The minimum absolute atomic E-state index is 0.0293. The minimum atomic E-state index is -3.85. The number of anilines is 1. The fraction of sp³-hybridized carbons (Fsp3) is 0.269. The van der Waals surface area contributed by atoms with Crippen molar-refractivity contribution in [1.29, 1.82) is 0 Å². The number of hydrogen-bond acceptors (Lipinski definition) is 5. The van der Waals surface area contributed by atoms with Gasteiger partial charge >= 0.3 is 0 Å². The molecule has 0 aliphatic carbocycles. The first kappa shape index (κ1) is 25.3. The van der Waals surface area contributed by atoms with Crippen LogP contribution in [0.25, 0.3) is 0 Å². The Morgan fingerprint density at radius 3 is 2.38 bits per heavy atom. The van der Waals surface area contributed by atoms with Crippen LogP contribution in [-0.2, 0) is 16.6 Å². The van der Waals surface area contributed by atoms with Crippen molar-refractivity contribution in [3.8, 4) is 5.75 Å². The maximum atomic E-state index is 12.8. The Balaban J connectivity index is 1.57. The van der Waals surface area contributed by atoms with Gasteiger partial charge < -0.3 is 15.0 Å². The van der Waals surface area contributed by atoms with Crippen LogP contribution in [0.3, 0.4) is 0 Å². The Morgan fingerprint density at radius 2 is 1.71 bits per heavy atom. The lowest BCUT2D eigenvalue weighted by atomic mass is 10.1. The molecule has 0 fully saturated rings. The molecule has 0 aromatic heterocycles. The number of hydrogen-bond donors (Lipinski definition) is 2. The van der Waals surface area contributed by atoms with Crippen LogP contribution in [0.1, 0.15) is 27.9 Å². The molecule has 7 nitrogen and oxygen atoms in total. The summed E-state index contributed by atoms with van der Waals surface area (Å²) in [6, 6.07) is 21.3. The molecule has 3 aromatic rings. The monoisotopic (exact) mass is 481 g/mol. The molecule has 8 heteroatoms. The smallest absolute Gasteiger partial charge is 0.261 e. The van der Waals surface area contributed by atoms with E-state index in [0.29, 0.717) is 29.1 Å². The molecule has 0 radical (unpaired) electrons. The molecule has 1 amide bonds. The van der Waals surface area contributed by atoms with E-state index >= 15 is 0 Å². The number of benzene rings is 3. The second kappa shape index (κ2) is 11.7. The molecule has 0 bridgehead atoms. The van der Waals surface area contributed by atoms with E-state index < -0.39 is 10.0 Å². The van der Waals surface area contributed by atoms with Gasteiger partial charge in [-0.2, -0.15) is 0 Å². The number of carbonyl (C=O) groups excluding carboxylic acids is 1. The molecule has 0 aliphatic heterocycles. The Bertz CT molecular complexity index is 1200. The average molecular weight is 482 g/mol. The molecule has 0 unspecified atom stereocenters. The van der Waals surface area contributed by atoms with Crippen LogP contribution in [0.2, 0.25) is 0 Å². The molecule has 34 heavy (non-hydrogen) atoms. The number of sulfonamides is 1. The summed E-state index contributed by atoms with van der Waals surface area (Å²) >= 11 is 0. The molecule has 3 rings (SSSR count). The van der Waals surface area contributed by atoms with Gasteiger partial charge in [0.1, 0.15) is 5.75 Å². The maximum Gasteiger partial charge on any atom is 0.261 e. The summed E-state index contributed by atoms with van der Waals surface area (Å²) in [4.78, 5) is 15.0. The van der Waals surface area contributed by atoms with Crippen LogP contribution in [-0.4, -0.2) is 46.5 Å². The Hall–Kier alpha value is -3.36. The van der Waals surface area contributed by atoms with E-state index in [0.717, 1.165) is 19.5 Å². The van der Waals surface area contributed by atoms with Gasteiger partial charge in [0.05, 0.1) is 12.0 Å². The highest BCUT2D eigenvalue weighted by atomic mass is 32.2. The lowest BCUT2D eigenvalue weighted by Gasteiger charge is -2.17. The number of aryl methyl sites for hydroxylation is 1. The van der Waals surface area contributed by atoms with Gasteiger partial charge in [0.15, 0.2) is 0 Å². The lowest BCUT2D eigenvalue weighted by Crippen LogP contribution is -2.28. The lowest BCUT2D eigenvalue weighted by molar-refractivity contribution is 0.0951. The number of nitrogens with one attached hydrogen (secondary N) is 2. The normalized spacial score (nSPS) is 11.3. The largest absolute Gasteiger partial charge is 0.497 e. The molecular weight excluding hydrogens is 450 g/mol. The van der Waals surface area contributed by atoms with Crippen molar-refractivity contribution in [1.82, 2.24) is 10.2 Å². The van der Waals surface area contributed by atoms with Crippen molar-refractivity contribution < 1.29 is 17.9 Å². The highest BCUT2D eigenvalue weighted by Crippen LogP contribution is 2.21. The van der Waals surface area contributed by atoms with Crippen LogP contribution < -0.4 is 14.8 Å². The van der Waals surface area contributed by atoms with E-state index in [1.807, 2.05) is 25.2 Å². The molecule has 0 atom stereocenters. The van der Waals surface area contributed by atoms with E-state index in [4.69, 9.17) is 4.74 Å². The zero-order valence-electron chi connectivity index (χ0n) is 19.7. The topological polar surface area (TPSA) is 87.7 Å². The highest BCUT2D eigenvalue weighted by molar-refractivity contribution is 7.92. The number of methoxy groups -OCH3 is 1. The van der Waals surface area contributed by atoms with Crippen LogP contribution >= 0.6 is 0 Å². The van der Waals surface area contributed by atoms with Gasteiger partial charge in [-0.25, -0.2) is 8.42 Å². The number of rotatable bonds is 11. The Labute approximate surface area is 201 Å². The van der Waals surface area contributed by atoms with Crippen molar-refractivity contribution in [2.75, 3.05) is 32.0 Å². The number of amides is 1. The quantitative estimate of drug-likeness (QED) is 0.404. The molecule has 0 saturated heterocycles. The fourth-order valence-electron chi connectivity index (χ4n) is 3.51. The fourth-order valence-corrected chi connectivity index (χ4v) is 4.59. The van der Waals surface area contributed by atoms with Gasteiger partial charge in [-0.15, -0.1) is 0 Å². The van der Waals surface area contributed by atoms with Crippen LogP contribution in [0.15, 0.2) is 77.7 Å². The predicted molar refractivity (Wildman–Crippen MR) is 135 cm³/mol. The van der Waals surface area contributed by atoms with Crippen molar-refractivity contribution in [3.63, 3.8) is 0 Å². The number of carbonyl (C=O) groups is 1. The third-order valence-electron chi connectivity index (χ3n) is 5.40. The summed E-state index contributed by atoms with van der Waals surface area (Å²) in [6.07, 6.45) is 0.783. The van der Waals surface area contributed by atoms with Crippen LogP contribution in [0.4, 0.5) is 5.69 Å². The first-order chi connectivity index (χ1) is 16.3. The predicted octanol–water partition coefficient (Wildman–Crippen LogP) is 4.06. The molecular formula is C26H31N3O4S. The van der Waals surface area contributed by atoms with Crippen molar-refractivity contribution >= 4 is 21.6 Å². The Morgan fingerprint density at radius 1 is 1.00 bits per heavy atom. The van der Waals surface area contributed by atoms with Gasteiger partial charge in [-0.05, 0) is 74.5 Å². The molecule has 0 spiro atoms. The van der Waals surface area contributed by atoms with Gasteiger partial charge in [0, 0.05) is 24.3 Å². The number of nitrogens with zero attached hydrogens (tertiary/aromatic N) is 1. The van der Waals surface area contributed by atoms with Gasteiger partial charge in [-0.1, -0.05) is 36.4 Å². The molecule has 0 saturated carbocycles. The van der Waals surface area contributed by atoms with Crippen molar-refractivity contribution in [3.05, 3.63) is 89.5 Å². The zero-order chi connectivity index (χ0) is 24.6. The SMILES string of the molecule is COc1ccc(NS(=O)(=O)c2ccc(C)c(C(=O)NCCCN(C)Cc3ccccc3)c2)cc1. The summed E-state index contributed by atoms with van der Waals surface area (Å²) in [7, 11) is -0.262. The van der Waals surface area contributed by atoms with Gasteiger partial charge in [0.25, 0.3) is 15.9 Å². The summed E-state index contributed by atoms with van der Waals surface area (Å²) in [5.74, 6) is 0.341. The van der Waals surface area contributed by atoms with Gasteiger partial charge in [0.2, 0.25) is 0 Å². The molecule has 2 N–H and O–H groups in total. The first-order valence-electron chi connectivity index (χ1n) is 11.1. The van der Waals surface area contributed by atoms with Crippen molar-refractivity contribution in [2.45, 2.75) is 24.8 Å². The summed E-state index contributed by atoms with van der Waals surface area (Å²) in [5.41, 5.74) is 2.70. The number of ether oxygens (including phenoxy) is 1. The van der Waals surface area contributed by atoms with Gasteiger partial charge in [-0.3, -0.25) is 9.52 Å². The minimum Gasteiger partial charge on any atom is -0.497 e. The molecule has 3 aromatic carbocycles. The van der Waals surface area contributed by atoms with E-state index in [1.165, 1.54) is 17.7 Å².